The van der Waals surface area contributed by atoms with Gasteiger partial charge in [-0.2, -0.15) is 0 Å². The molecule has 0 amide bonds. The van der Waals surface area contributed by atoms with Gasteiger partial charge in [0, 0.05) is 17.6 Å². The summed E-state index contributed by atoms with van der Waals surface area (Å²) in [6.45, 7) is 8.46. The van der Waals surface area contributed by atoms with Crippen LogP contribution in [0.25, 0.3) is 11.0 Å². The first-order valence-corrected chi connectivity index (χ1v) is 7.72. The van der Waals surface area contributed by atoms with Crippen molar-refractivity contribution in [3.8, 4) is 0 Å². The average Bonchev–Trinajstić information content (AvgIpc) is 2.86. The van der Waals surface area contributed by atoms with Gasteiger partial charge in [0.15, 0.2) is 0 Å². The number of hydrogen-bond acceptors (Lipinski definition) is 4. The van der Waals surface area contributed by atoms with E-state index in [-0.39, 0.29) is 0 Å². The minimum absolute atomic E-state index is 0.563. The number of para-hydroxylation sites is 1. The van der Waals surface area contributed by atoms with E-state index in [2.05, 4.69) is 25.2 Å². The van der Waals surface area contributed by atoms with Crippen LogP contribution in [0.2, 0.25) is 0 Å². The monoisotopic (exact) mass is 291 g/mol. The minimum Gasteiger partial charge on any atom is -0.459 e. The van der Waals surface area contributed by atoms with Crippen LogP contribution in [0.3, 0.4) is 0 Å². The van der Waals surface area contributed by atoms with Gasteiger partial charge in [0.05, 0.1) is 26.4 Å². The van der Waals surface area contributed by atoms with Crippen molar-refractivity contribution in [3.63, 3.8) is 0 Å². The second kappa shape index (κ2) is 8.82. The summed E-state index contributed by atoms with van der Waals surface area (Å²) in [5, 5.41) is 4.45. The van der Waals surface area contributed by atoms with Gasteiger partial charge in [0.2, 0.25) is 0 Å². The number of benzene rings is 1. The van der Waals surface area contributed by atoms with E-state index in [1.54, 1.807) is 0 Å². The van der Waals surface area contributed by atoms with Crippen molar-refractivity contribution >= 4 is 11.0 Å². The number of ether oxygens (including phenoxy) is 2. The number of furan rings is 1. The molecule has 1 aromatic carbocycles. The van der Waals surface area contributed by atoms with Crippen molar-refractivity contribution in [2.45, 2.75) is 33.4 Å². The average molecular weight is 291 g/mol. The van der Waals surface area contributed by atoms with E-state index >= 15 is 0 Å². The third-order valence-corrected chi connectivity index (χ3v) is 3.28. The minimum atomic E-state index is 0.563. The molecule has 1 aromatic heterocycles. The second-order valence-electron chi connectivity index (χ2n) is 4.95. The van der Waals surface area contributed by atoms with E-state index in [0.717, 1.165) is 48.4 Å². The lowest BCUT2D eigenvalue weighted by molar-refractivity contribution is 0.0406. The molecule has 0 atom stereocenters. The molecule has 1 N–H and O–H groups in total. The van der Waals surface area contributed by atoms with E-state index < -0.39 is 0 Å². The Bertz CT molecular complexity index is 536. The number of rotatable bonds is 10. The smallest absolute Gasteiger partial charge is 0.134 e. The molecular formula is C17H25NO3. The van der Waals surface area contributed by atoms with E-state index in [9.17, 15) is 0 Å². The highest BCUT2D eigenvalue weighted by Gasteiger charge is 2.13. The molecule has 0 radical (unpaired) electrons. The van der Waals surface area contributed by atoms with Crippen LogP contribution in [0, 0.1) is 0 Å². The van der Waals surface area contributed by atoms with Gasteiger partial charge < -0.3 is 19.2 Å². The fourth-order valence-electron chi connectivity index (χ4n) is 2.23. The lowest BCUT2D eigenvalue weighted by Crippen LogP contribution is -2.13. The summed E-state index contributed by atoms with van der Waals surface area (Å²) in [7, 11) is 0. The van der Waals surface area contributed by atoms with Crippen LogP contribution in [0.15, 0.2) is 28.7 Å². The largest absolute Gasteiger partial charge is 0.459 e. The van der Waals surface area contributed by atoms with Gasteiger partial charge in [0.1, 0.15) is 11.3 Å². The number of nitrogens with one attached hydrogen (secondary N) is 1. The van der Waals surface area contributed by atoms with Gasteiger partial charge >= 0.3 is 0 Å². The van der Waals surface area contributed by atoms with Crippen LogP contribution >= 0.6 is 0 Å². The molecule has 21 heavy (non-hydrogen) atoms. The van der Waals surface area contributed by atoms with E-state index in [1.165, 1.54) is 0 Å². The highest BCUT2D eigenvalue weighted by molar-refractivity contribution is 5.82. The Labute approximate surface area is 126 Å². The Hall–Kier alpha value is -1.36. The van der Waals surface area contributed by atoms with Gasteiger partial charge in [0.25, 0.3) is 0 Å². The van der Waals surface area contributed by atoms with Crippen molar-refractivity contribution in [3.05, 3.63) is 35.6 Å². The zero-order chi connectivity index (χ0) is 14.9. The maximum atomic E-state index is 5.92. The molecule has 4 nitrogen and oxygen atoms in total. The topological polar surface area (TPSA) is 43.6 Å². The van der Waals surface area contributed by atoms with Crippen molar-refractivity contribution in [1.82, 2.24) is 5.32 Å². The Kier molecular flexibility index (Phi) is 6.73. The predicted molar refractivity (Wildman–Crippen MR) is 84.4 cm³/mol. The highest BCUT2D eigenvalue weighted by atomic mass is 16.5. The molecular weight excluding hydrogens is 266 g/mol. The number of fused-ring (bicyclic) bond motifs is 1. The highest BCUT2D eigenvalue weighted by Crippen LogP contribution is 2.26. The van der Waals surface area contributed by atoms with Gasteiger partial charge in [-0.15, -0.1) is 0 Å². The normalized spacial score (nSPS) is 11.3. The van der Waals surface area contributed by atoms with Crippen LogP contribution in [0.5, 0.6) is 0 Å². The van der Waals surface area contributed by atoms with Crippen molar-refractivity contribution in [2.75, 3.05) is 26.4 Å². The third kappa shape index (κ3) is 4.56. The van der Waals surface area contributed by atoms with Gasteiger partial charge in [-0.1, -0.05) is 32.0 Å². The molecule has 0 unspecified atom stereocenters. The molecule has 0 saturated heterocycles. The molecule has 0 spiro atoms. The molecule has 0 aliphatic carbocycles. The molecule has 116 valence electrons. The SMILES string of the molecule is CCCOCCOCc1c(CNCC)oc2ccccc12. The van der Waals surface area contributed by atoms with E-state index in [0.29, 0.717) is 19.8 Å². The van der Waals surface area contributed by atoms with Gasteiger partial charge in [-0.25, -0.2) is 0 Å². The molecule has 0 aliphatic heterocycles. The molecule has 2 aromatic rings. The van der Waals surface area contributed by atoms with Crippen LogP contribution in [0.1, 0.15) is 31.6 Å². The van der Waals surface area contributed by atoms with Crippen LogP contribution in [-0.4, -0.2) is 26.4 Å². The maximum absolute atomic E-state index is 5.92. The van der Waals surface area contributed by atoms with E-state index in [1.807, 2.05) is 18.2 Å². The Morgan fingerprint density at radius 2 is 1.86 bits per heavy atom. The van der Waals surface area contributed by atoms with Crippen molar-refractivity contribution in [1.29, 1.82) is 0 Å². The predicted octanol–water partition coefficient (Wildman–Crippen LogP) is 3.49. The summed E-state index contributed by atoms with van der Waals surface area (Å²) in [5.41, 5.74) is 2.06. The molecule has 0 bridgehead atoms. The standard InChI is InChI=1S/C17H25NO3/c1-3-9-19-10-11-20-13-15-14-7-5-6-8-16(14)21-17(15)12-18-4-2/h5-8,18H,3-4,9-13H2,1-2H3. The lowest BCUT2D eigenvalue weighted by Gasteiger charge is -2.06. The quantitative estimate of drug-likeness (QED) is 0.681. The van der Waals surface area contributed by atoms with Crippen molar-refractivity contribution in [2.24, 2.45) is 0 Å². The molecule has 0 aliphatic rings. The first-order chi connectivity index (χ1) is 10.4. The summed E-state index contributed by atoms with van der Waals surface area (Å²) < 4.78 is 17.1. The van der Waals surface area contributed by atoms with Crippen LogP contribution in [-0.2, 0) is 22.6 Å². The Morgan fingerprint density at radius 3 is 2.67 bits per heavy atom. The molecule has 0 saturated carbocycles. The van der Waals surface area contributed by atoms with E-state index in [4.69, 9.17) is 13.9 Å². The molecule has 2 rings (SSSR count). The first kappa shape index (κ1) is 16.0. The first-order valence-electron chi connectivity index (χ1n) is 7.72. The Morgan fingerprint density at radius 1 is 1.05 bits per heavy atom. The summed E-state index contributed by atoms with van der Waals surface area (Å²) >= 11 is 0. The van der Waals surface area contributed by atoms with Gasteiger partial charge in [-0.05, 0) is 19.0 Å². The fourth-order valence-corrected chi connectivity index (χ4v) is 2.23. The zero-order valence-corrected chi connectivity index (χ0v) is 13.0. The fraction of sp³-hybridized carbons (Fsp3) is 0.529. The Balaban J connectivity index is 1.98. The number of hydrogen-bond donors (Lipinski definition) is 1. The maximum Gasteiger partial charge on any atom is 0.134 e. The van der Waals surface area contributed by atoms with Crippen LogP contribution < -0.4 is 5.32 Å². The second-order valence-corrected chi connectivity index (χ2v) is 4.95. The zero-order valence-electron chi connectivity index (χ0n) is 13.0. The third-order valence-electron chi connectivity index (χ3n) is 3.28. The summed E-state index contributed by atoms with van der Waals surface area (Å²) in [6, 6.07) is 8.11. The summed E-state index contributed by atoms with van der Waals surface area (Å²) in [4.78, 5) is 0. The lowest BCUT2D eigenvalue weighted by atomic mass is 10.1. The molecule has 1 heterocycles. The van der Waals surface area contributed by atoms with Crippen LogP contribution in [0.4, 0.5) is 0 Å². The molecule has 0 fully saturated rings. The van der Waals surface area contributed by atoms with Crippen molar-refractivity contribution < 1.29 is 13.9 Å². The summed E-state index contributed by atoms with van der Waals surface area (Å²) in [5.74, 6) is 0.965. The van der Waals surface area contributed by atoms with Gasteiger partial charge in [-0.3, -0.25) is 0 Å². The summed E-state index contributed by atoms with van der Waals surface area (Å²) in [6.07, 6.45) is 1.04. The molecule has 4 heteroatoms.